The molecule has 1 amide bonds. The fourth-order valence-electron chi connectivity index (χ4n) is 6.81. The van der Waals surface area contributed by atoms with Crippen LogP contribution in [0.2, 0.25) is 15.1 Å². The van der Waals surface area contributed by atoms with E-state index in [1.54, 1.807) is 12.2 Å². The van der Waals surface area contributed by atoms with E-state index in [4.69, 9.17) is 44.3 Å². The van der Waals surface area contributed by atoms with Crippen LogP contribution in [0, 0.1) is 5.92 Å². The van der Waals surface area contributed by atoms with Crippen LogP contribution in [0.5, 0.6) is 0 Å². The molecule has 246 valence electrons. The van der Waals surface area contributed by atoms with E-state index in [0.717, 1.165) is 41.7 Å². The molecule has 2 N–H and O–H groups in total. The van der Waals surface area contributed by atoms with E-state index in [0.29, 0.717) is 29.5 Å². The predicted molar refractivity (Wildman–Crippen MR) is 178 cm³/mol. The fraction of sp³-hybridized carbons (Fsp3) is 0.353. The molecule has 0 spiro atoms. The second-order valence-electron chi connectivity index (χ2n) is 12.1. The summed E-state index contributed by atoms with van der Waals surface area (Å²) in [7, 11) is -1.04. The van der Waals surface area contributed by atoms with E-state index in [9.17, 15) is 23.0 Å². The molecular weight excluding hydrogens is 675 g/mol. The van der Waals surface area contributed by atoms with Crippen molar-refractivity contribution in [2.75, 3.05) is 0 Å². The lowest BCUT2D eigenvalue weighted by atomic mass is 9.76. The van der Waals surface area contributed by atoms with E-state index in [2.05, 4.69) is 10.5 Å². The normalized spacial score (nSPS) is 23.2. The lowest BCUT2D eigenvalue weighted by Gasteiger charge is -2.30. The molecule has 2 unspecified atom stereocenters. The molecule has 2 aromatic carbocycles. The predicted octanol–water partition coefficient (Wildman–Crippen LogP) is 7.99. The molecule has 2 aromatic rings. The first-order valence-electron chi connectivity index (χ1n) is 15.4. The SMILES string of the molecule is CCC1(CC)OB(O)c2cc(CNC(=O)C3=CC=C(C4=NOC(c5cc(Cl)c(Cl)c(Cl)c5)(C(F)(F)F)C4)C4=CC=CC3CC4)ccc21. The van der Waals surface area contributed by atoms with E-state index >= 15 is 0 Å². The average molecular weight is 706 g/mol. The number of oxime groups is 1. The minimum atomic E-state index is -4.88. The van der Waals surface area contributed by atoms with Crippen molar-refractivity contribution in [1.82, 2.24) is 5.32 Å². The number of benzene rings is 2. The van der Waals surface area contributed by atoms with Crippen molar-refractivity contribution in [2.45, 2.75) is 69.9 Å². The zero-order valence-electron chi connectivity index (χ0n) is 25.6. The van der Waals surface area contributed by atoms with Gasteiger partial charge in [-0.15, -0.1) is 0 Å². The van der Waals surface area contributed by atoms with Crippen LogP contribution in [0.15, 0.2) is 82.6 Å². The second kappa shape index (κ2) is 12.8. The first kappa shape index (κ1) is 33.9. The smallest absolute Gasteiger partial charge is 0.423 e. The standard InChI is InChI=1S/C34H31BCl3F3N2O4/c1-3-32(4-2)25-13-8-19(14-26(25)35(45)46-32)18-42-31(44)24-12-11-23(20-6-5-7-21(24)10-9-20)29-17-33(47-43-29,34(39,40)41)22-15-27(36)30(38)28(37)16-22/h5-8,11-16,21,45H,3-4,9-10,17-18H2,1-2H3,(H,42,44). The maximum Gasteiger partial charge on any atom is 0.492 e. The highest BCUT2D eigenvalue weighted by Gasteiger charge is 2.62. The number of amides is 1. The van der Waals surface area contributed by atoms with Gasteiger partial charge in [0.05, 0.1) is 26.4 Å². The number of allylic oxidation sites excluding steroid dienone is 7. The van der Waals surface area contributed by atoms with Crippen molar-refractivity contribution in [2.24, 2.45) is 11.1 Å². The zero-order valence-corrected chi connectivity index (χ0v) is 27.8. The van der Waals surface area contributed by atoms with Crippen LogP contribution < -0.4 is 10.8 Å². The third kappa shape index (κ3) is 5.97. The molecule has 0 saturated heterocycles. The molecule has 0 radical (unpaired) electrons. The van der Waals surface area contributed by atoms with Crippen LogP contribution >= 0.6 is 34.8 Å². The largest absolute Gasteiger partial charge is 0.492 e. The Bertz CT molecular complexity index is 1760. The Morgan fingerprint density at radius 3 is 2.51 bits per heavy atom. The summed E-state index contributed by atoms with van der Waals surface area (Å²) in [5.41, 5.74) is 0.526. The molecule has 4 aliphatic rings. The van der Waals surface area contributed by atoms with Gasteiger partial charge < -0.3 is 19.8 Å². The molecule has 0 fully saturated rings. The molecule has 0 aromatic heterocycles. The van der Waals surface area contributed by atoms with Crippen LogP contribution in [0.25, 0.3) is 0 Å². The Labute approximate surface area is 286 Å². The maximum absolute atomic E-state index is 14.7. The number of fused-ring (bicyclic) bond motifs is 4. The number of alkyl halides is 3. The van der Waals surface area contributed by atoms with Gasteiger partial charge in [0, 0.05) is 35.6 Å². The second-order valence-corrected chi connectivity index (χ2v) is 13.3. The molecule has 47 heavy (non-hydrogen) atoms. The van der Waals surface area contributed by atoms with Gasteiger partial charge in [-0.25, -0.2) is 0 Å². The highest BCUT2D eigenvalue weighted by atomic mass is 35.5. The van der Waals surface area contributed by atoms with Gasteiger partial charge >= 0.3 is 13.3 Å². The van der Waals surface area contributed by atoms with E-state index in [1.165, 1.54) is 0 Å². The Morgan fingerprint density at radius 2 is 1.83 bits per heavy atom. The molecule has 2 bridgehead atoms. The van der Waals surface area contributed by atoms with Crippen LogP contribution in [0.4, 0.5) is 13.2 Å². The van der Waals surface area contributed by atoms with Crippen molar-refractivity contribution < 1.29 is 32.5 Å². The number of hydrogen-bond donors (Lipinski definition) is 2. The van der Waals surface area contributed by atoms with E-state index in [-0.39, 0.29) is 44.7 Å². The van der Waals surface area contributed by atoms with Gasteiger partial charge in [-0.3, -0.25) is 4.79 Å². The minimum Gasteiger partial charge on any atom is -0.423 e. The van der Waals surface area contributed by atoms with Gasteiger partial charge in [-0.1, -0.05) is 102 Å². The highest BCUT2D eigenvalue weighted by Crippen LogP contribution is 2.51. The molecule has 6 rings (SSSR count). The van der Waals surface area contributed by atoms with Gasteiger partial charge in [-0.2, -0.15) is 13.2 Å². The highest BCUT2D eigenvalue weighted by molar-refractivity contribution is 6.62. The topological polar surface area (TPSA) is 80.2 Å². The number of nitrogens with zero attached hydrogens (tertiary/aromatic N) is 1. The first-order valence-corrected chi connectivity index (χ1v) is 16.5. The van der Waals surface area contributed by atoms with Gasteiger partial charge in [-0.05, 0) is 60.0 Å². The van der Waals surface area contributed by atoms with Crippen LogP contribution in [0.1, 0.15) is 62.6 Å². The van der Waals surface area contributed by atoms with Crippen molar-refractivity contribution in [3.8, 4) is 0 Å². The Hall–Kier alpha value is -3.02. The number of carbonyl (C=O) groups is 1. The number of carbonyl (C=O) groups excluding carboxylic acids is 1. The average Bonchev–Trinajstić information content (AvgIpc) is 3.54. The van der Waals surface area contributed by atoms with Gasteiger partial charge in [0.15, 0.2) is 0 Å². The molecule has 0 saturated carbocycles. The lowest BCUT2D eigenvalue weighted by molar-refractivity contribution is -0.275. The summed E-state index contributed by atoms with van der Waals surface area (Å²) in [4.78, 5) is 18.8. The van der Waals surface area contributed by atoms with Crippen LogP contribution in [-0.4, -0.2) is 29.9 Å². The van der Waals surface area contributed by atoms with Crippen LogP contribution in [-0.2, 0) is 32.0 Å². The monoisotopic (exact) mass is 704 g/mol. The maximum atomic E-state index is 14.7. The summed E-state index contributed by atoms with van der Waals surface area (Å²) in [5, 5.41) is 17.2. The summed E-state index contributed by atoms with van der Waals surface area (Å²) in [5.74, 6) is -0.519. The Kier molecular flexibility index (Phi) is 9.21. The van der Waals surface area contributed by atoms with Crippen molar-refractivity contribution >= 4 is 59.0 Å². The molecule has 2 atom stereocenters. The number of hydrogen-bond acceptors (Lipinski definition) is 5. The number of rotatable bonds is 7. The summed E-state index contributed by atoms with van der Waals surface area (Å²) in [6.45, 7) is 4.25. The molecule has 6 nitrogen and oxygen atoms in total. The fourth-order valence-corrected chi connectivity index (χ4v) is 7.41. The molecule has 2 aliphatic heterocycles. The molecule has 2 heterocycles. The molecular formula is C34H31BCl3F3N2O4. The van der Waals surface area contributed by atoms with Crippen molar-refractivity contribution in [1.29, 1.82) is 0 Å². The lowest BCUT2D eigenvalue weighted by Crippen LogP contribution is -2.42. The third-order valence-corrected chi connectivity index (χ3v) is 10.8. The Morgan fingerprint density at radius 1 is 1.11 bits per heavy atom. The molecule has 2 aliphatic carbocycles. The zero-order chi connectivity index (χ0) is 33.7. The van der Waals surface area contributed by atoms with Gasteiger partial charge in [0.25, 0.3) is 5.60 Å². The van der Waals surface area contributed by atoms with Crippen molar-refractivity contribution in [3.05, 3.63) is 109 Å². The quantitative estimate of drug-likeness (QED) is 0.226. The Balaban J connectivity index is 1.26. The summed E-state index contributed by atoms with van der Waals surface area (Å²) >= 11 is 18.2. The summed E-state index contributed by atoms with van der Waals surface area (Å²) in [6.07, 6.45) is 5.83. The third-order valence-electron chi connectivity index (χ3n) is 9.56. The molecule has 13 heteroatoms. The minimum absolute atomic E-state index is 0.0602. The number of nitrogens with one attached hydrogen (secondary N) is 1. The van der Waals surface area contributed by atoms with Gasteiger partial charge in [0.2, 0.25) is 5.91 Å². The van der Waals surface area contributed by atoms with E-state index < -0.39 is 30.9 Å². The van der Waals surface area contributed by atoms with Crippen LogP contribution in [0.3, 0.4) is 0 Å². The summed E-state index contributed by atoms with van der Waals surface area (Å²) in [6, 6.07) is 7.90. The van der Waals surface area contributed by atoms with Crippen molar-refractivity contribution in [3.63, 3.8) is 0 Å². The van der Waals surface area contributed by atoms with Gasteiger partial charge in [0.1, 0.15) is 0 Å². The van der Waals surface area contributed by atoms with E-state index in [1.807, 2.05) is 50.3 Å². The first-order chi connectivity index (χ1) is 22.3. The number of halogens is 6. The summed E-state index contributed by atoms with van der Waals surface area (Å²) < 4.78 is 50.1.